The van der Waals surface area contributed by atoms with Gasteiger partial charge < -0.3 is 10.6 Å². The van der Waals surface area contributed by atoms with Crippen molar-refractivity contribution in [2.24, 2.45) is 0 Å². The maximum atomic E-state index is 13.4. The zero-order valence-electron chi connectivity index (χ0n) is 14.6. The third kappa shape index (κ3) is 4.99. The maximum Gasteiger partial charge on any atom is 0.241 e. The van der Waals surface area contributed by atoms with Crippen LogP contribution in [0.2, 0.25) is 0 Å². The van der Waals surface area contributed by atoms with E-state index in [0.29, 0.717) is 19.4 Å². The smallest absolute Gasteiger partial charge is 0.241 e. The number of likely N-dealkylation sites (N-methyl/N-ethyl adjacent to an activating group) is 1. The molecule has 0 saturated heterocycles. The summed E-state index contributed by atoms with van der Waals surface area (Å²) in [4.78, 5) is 12.6. The first-order valence-electron chi connectivity index (χ1n) is 8.54. The van der Waals surface area contributed by atoms with Gasteiger partial charge in [-0.15, -0.1) is 0 Å². The first kappa shape index (κ1) is 19.8. The van der Waals surface area contributed by atoms with Crippen molar-refractivity contribution in [2.45, 2.75) is 55.5 Å². The SMILES string of the molecule is CNC(C)CNC(=O)C1(NS(=O)(=O)c2cccc(F)c2)CCCCC1. The molecule has 0 heterocycles. The van der Waals surface area contributed by atoms with Gasteiger partial charge in [0.1, 0.15) is 11.4 Å². The van der Waals surface area contributed by atoms with E-state index in [1.54, 1.807) is 7.05 Å². The highest BCUT2D eigenvalue weighted by atomic mass is 32.2. The molecule has 1 amide bonds. The van der Waals surface area contributed by atoms with Gasteiger partial charge in [-0.3, -0.25) is 4.79 Å². The number of rotatable bonds is 7. The molecule has 0 radical (unpaired) electrons. The zero-order valence-corrected chi connectivity index (χ0v) is 15.5. The lowest BCUT2D eigenvalue weighted by Gasteiger charge is -2.36. The standard InChI is InChI=1S/C17H26FN3O3S/c1-13(19-2)12-20-16(22)17(9-4-3-5-10-17)21-25(23,24)15-8-6-7-14(18)11-15/h6-8,11,13,19,21H,3-5,9-10,12H2,1-2H3,(H,20,22). The van der Waals surface area contributed by atoms with Crippen molar-refractivity contribution >= 4 is 15.9 Å². The quantitative estimate of drug-likeness (QED) is 0.678. The minimum absolute atomic E-state index is 0.0735. The minimum atomic E-state index is -4.00. The van der Waals surface area contributed by atoms with Gasteiger partial charge in [-0.05, 0) is 45.0 Å². The van der Waals surface area contributed by atoms with Crippen LogP contribution in [0.25, 0.3) is 0 Å². The Kier molecular flexibility index (Phi) is 6.53. The monoisotopic (exact) mass is 371 g/mol. The Morgan fingerprint density at radius 2 is 1.96 bits per heavy atom. The molecular formula is C17H26FN3O3S. The summed E-state index contributed by atoms with van der Waals surface area (Å²) in [5, 5.41) is 5.85. The molecule has 1 aromatic carbocycles. The van der Waals surface area contributed by atoms with E-state index in [2.05, 4.69) is 15.4 Å². The van der Waals surface area contributed by atoms with Crippen LogP contribution in [0.4, 0.5) is 4.39 Å². The number of nitrogens with one attached hydrogen (secondary N) is 3. The lowest BCUT2D eigenvalue weighted by molar-refractivity contribution is -0.128. The van der Waals surface area contributed by atoms with Crippen LogP contribution < -0.4 is 15.4 Å². The Balaban J connectivity index is 2.23. The number of hydrogen-bond acceptors (Lipinski definition) is 4. The van der Waals surface area contributed by atoms with Gasteiger partial charge in [0.15, 0.2) is 0 Å². The lowest BCUT2D eigenvalue weighted by atomic mass is 9.82. The predicted octanol–water partition coefficient (Wildman–Crippen LogP) is 1.53. The van der Waals surface area contributed by atoms with E-state index in [0.717, 1.165) is 25.3 Å². The Bertz CT molecular complexity index is 703. The first-order chi connectivity index (χ1) is 11.8. The molecule has 3 N–H and O–H groups in total. The van der Waals surface area contributed by atoms with E-state index in [4.69, 9.17) is 0 Å². The predicted molar refractivity (Wildman–Crippen MR) is 94.1 cm³/mol. The summed E-state index contributed by atoms with van der Waals surface area (Å²) >= 11 is 0. The van der Waals surface area contributed by atoms with Crippen molar-refractivity contribution in [3.05, 3.63) is 30.1 Å². The minimum Gasteiger partial charge on any atom is -0.353 e. The number of carbonyl (C=O) groups excluding carboxylic acids is 1. The Morgan fingerprint density at radius 1 is 1.28 bits per heavy atom. The van der Waals surface area contributed by atoms with Crippen molar-refractivity contribution in [3.63, 3.8) is 0 Å². The summed E-state index contributed by atoms with van der Waals surface area (Å²) in [6.07, 6.45) is 3.35. The Hall–Kier alpha value is -1.51. The van der Waals surface area contributed by atoms with Crippen LogP contribution in [0.15, 0.2) is 29.2 Å². The lowest BCUT2D eigenvalue weighted by Crippen LogP contribution is -2.60. The van der Waals surface area contributed by atoms with Crippen LogP contribution in [-0.2, 0) is 14.8 Å². The highest BCUT2D eigenvalue weighted by Crippen LogP contribution is 2.30. The molecule has 1 aliphatic rings. The summed E-state index contributed by atoms with van der Waals surface area (Å²) in [7, 11) is -2.20. The summed E-state index contributed by atoms with van der Waals surface area (Å²) in [6, 6.07) is 4.88. The van der Waals surface area contributed by atoms with E-state index >= 15 is 0 Å². The van der Waals surface area contributed by atoms with Crippen molar-refractivity contribution in [1.82, 2.24) is 15.4 Å². The average Bonchev–Trinajstić information content (AvgIpc) is 2.59. The van der Waals surface area contributed by atoms with E-state index in [1.165, 1.54) is 18.2 Å². The fourth-order valence-corrected chi connectivity index (χ4v) is 4.45. The van der Waals surface area contributed by atoms with Crippen LogP contribution in [0.1, 0.15) is 39.0 Å². The van der Waals surface area contributed by atoms with Crippen LogP contribution in [-0.4, -0.2) is 39.5 Å². The highest BCUT2D eigenvalue weighted by Gasteiger charge is 2.43. The van der Waals surface area contributed by atoms with E-state index in [9.17, 15) is 17.6 Å². The van der Waals surface area contributed by atoms with Crippen molar-refractivity contribution in [3.8, 4) is 0 Å². The maximum absolute atomic E-state index is 13.4. The third-order valence-corrected chi connectivity index (χ3v) is 6.17. The number of sulfonamides is 1. The molecular weight excluding hydrogens is 345 g/mol. The molecule has 8 heteroatoms. The molecule has 0 spiro atoms. The molecule has 1 saturated carbocycles. The van der Waals surface area contributed by atoms with Gasteiger partial charge in [0.25, 0.3) is 0 Å². The van der Waals surface area contributed by atoms with Gasteiger partial charge in [0, 0.05) is 12.6 Å². The molecule has 0 aliphatic heterocycles. The summed E-state index contributed by atoms with van der Waals surface area (Å²) < 4.78 is 41.3. The first-order valence-corrected chi connectivity index (χ1v) is 10.0. The molecule has 6 nitrogen and oxygen atoms in total. The Labute approximate surface area is 148 Å². The number of hydrogen-bond donors (Lipinski definition) is 3. The zero-order chi connectivity index (χ0) is 18.5. The number of carbonyl (C=O) groups is 1. The molecule has 1 aliphatic carbocycles. The fraction of sp³-hybridized carbons (Fsp3) is 0.588. The molecule has 0 aromatic heterocycles. The fourth-order valence-electron chi connectivity index (χ4n) is 3.00. The molecule has 0 bridgehead atoms. The van der Waals surface area contributed by atoms with E-state index in [1.807, 2.05) is 6.92 Å². The van der Waals surface area contributed by atoms with Gasteiger partial charge in [-0.1, -0.05) is 25.3 Å². The van der Waals surface area contributed by atoms with Gasteiger partial charge >= 0.3 is 0 Å². The molecule has 1 fully saturated rings. The summed E-state index contributed by atoms with van der Waals surface area (Å²) in [5.74, 6) is -0.956. The van der Waals surface area contributed by atoms with Crippen LogP contribution in [0.5, 0.6) is 0 Å². The van der Waals surface area contributed by atoms with Crippen molar-refractivity contribution in [2.75, 3.05) is 13.6 Å². The van der Waals surface area contributed by atoms with Crippen molar-refractivity contribution in [1.29, 1.82) is 0 Å². The summed E-state index contributed by atoms with van der Waals surface area (Å²) in [6.45, 7) is 2.32. The van der Waals surface area contributed by atoms with E-state index < -0.39 is 21.4 Å². The van der Waals surface area contributed by atoms with Crippen LogP contribution in [0, 0.1) is 5.82 Å². The molecule has 2 rings (SSSR count). The van der Waals surface area contributed by atoms with E-state index in [-0.39, 0.29) is 16.8 Å². The second-order valence-electron chi connectivity index (χ2n) is 6.61. The van der Waals surface area contributed by atoms with Gasteiger partial charge in [0.2, 0.25) is 15.9 Å². The second kappa shape index (κ2) is 8.25. The van der Waals surface area contributed by atoms with Crippen molar-refractivity contribution < 1.29 is 17.6 Å². The Morgan fingerprint density at radius 3 is 2.56 bits per heavy atom. The topological polar surface area (TPSA) is 87.3 Å². The molecule has 1 unspecified atom stereocenters. The molecule has 1 aromatic rings. The normalized spacial score (nSPS) is 18.5. The van der Waals surface area contributed by atoms with Crippen LogP contribution >= 0.6 is 0 Å². The number of benzene rings is 1. The molecule has 1 atom stereocenters. The van der Waals surface area contributed by atoms with Gasteiger partial charge in [0.05, 0.1) is 4.90 Å². The van der Waals surface area contributed by atoms with Crippen LogP contribution in [0.3, 0.4) is 0 Å². The summed E-state index contributed by atoms with van der Waals surface area (Å²) in [5.41, 5.74) is -1.18. The van der Waals surface area contributed by atoms with Gasteiger partial charge in [-0.25, -0.2) is 12.8 Å². The van der Waals surface area contributed by atoms with Gasteiger partial charge in [-0.2, -0.15) is 4.72 Å². The third-order valence-electron chi connectivity index (χ3n) is 4.64. The molecule has 140 valence electrons. The molecule has 25 heavy (non-hydrogen) atoms. The highest BCUT2D eigenvalue weighted by molar-refractivity contribution is 7.89. The number of halogens is 1. The average molecular weight is 371 g/mol. The second-order valence-corrected chi connectivity index (χ2v) is 8.29. The number of amides is 1. The largest absolute Gasteiger partial charge is 0.353 e.